The van der Waals surface area contributed by atoms with Crippen LogP contribution in [0.2, 0.25) is 0 Å². The van der Waals surface area contributed by atoms with Crippen molar-refractivity contribution in [3.05, 3.63) is 51.3 Å². The van der Waals surface area contributed by atoms with Gasteiger partial charge in [-0.15, -0.1) is 11.3 Å². The van der Waals surface area contributed by atoms with E-state index >= 15 is 0 Å². The van der Waals surface area contributed by atoms with Crippen LogP contribution in [0.25, 0.3) is 11.0 Å². The van der Waals surface area contributed by atoms with Gasteiger partial charge in [0.2, 0.25) is 0 Å². The quantitative estimate of drug-likeness (QED) is 0.781. The lowest BCUT2D eigenvalue weighted by atomic mass is 10.1. The monoisotopic (exact) mass is 297 g/mol. The van der Waals surface area contributed by atoms with Crippen molar-refractivity contribution in [2.75, 3.05) is 5.32 Å². The zero-order chi connectivity index (χ0) is 15.0. The highest BCUT2D eigenvalue weighted by Gasteiger charge is 2.10. The standard InChI is InChI=1S/C16H15N3OS/c1-9-10(2)12-6-7-14(18-15(12)17-11(9)3)19-16(20)13-5-4-8-21-13/h4-8H,1-3H3,(H,17,18,19,20). The number of hydrogen-bond donors (Lipinski definition) is 1. The second-order valence-electron chi connectivity index (χ2n) is 4.95. The van der Waals surface area contributed by atoms with Gasteiger partial charge in [-0.2, -0.15) is 0 Å². The Balaban J connectivity index is 1.98. The maximum absolute atomic E-state index is 12.0. The van der Waals surface area contributed by atoms with E-state index in [1.165, 1.54) is 22.5 Å². The van der Waals surface area contributed by atoms with E-state index in [1.807, 2.05) is 30.5 Å². The molecular weight excluding hydrogens is 282 g/mol. The third kappa shape index (κ3) is 2.52. The van der Waals surface area contributed by atoms with Gasteiger partial charge in [-0.25, -0.2) is 9.97 Å². The molecule has 0 bridgehead atoms. The summed E-state index contributed by atoms with van der Waals surface area (Å²) < 4.78 is 0. The summed E-state index contributed by atoms with van der Waals surface area (Å²) in [5, 5.41) is 5.71. The zero-order valence-electron chi connectivity index (χ0n) is 12.1. The third-order valence-electron chi connectivity index (χ3n) is 3.64. The van der Waals surface area contributed by atoms with Crippen LogP contribution in [0.1, 0.15) is 26.5 Å². The molecule has 3 heterocycles. The van der Waals surface area contributed by atoms with Crippen LogP contribution in [0.5, 0.6) is 0 Å². The number of aromatic nitrogens is 2. The first kappa shape index (κ1) is 13.7. The molecule has 0 aliphatic rings. The van der Waals surface area contributed by atoms with Gasteiger partial charge in [-0.05, 0) is 55.5 Å². The lowest BCUT2D eigenvalue weighted by Crippen LogP contribution is -2.11. The minimum Gasteiger partial charge on any atom is -0.306 e. The molecule has 1 amide bonds. The Morgan fingerprint density at radius 2 is 1.90 bits per heavy atom. The van der Waals surface area contributed by atoms with Gasteiger partial charge in [0.15, 0.2) is 5.65 Å². The largest absolute Gasteiger partial charge is 0.306 e. The number of nitrogens with one attached hydrogen (secondary N) is 1. The van der Waals surface area contributed by atoms with Crippen LogP contribution in [0, 0.1) is 20.8 Å². The fourth-order valence-corrected chi connectivity index (χ4v) is 2.82. The lowest BCUT2D eigenvalue weighted by molar-refractivity contribution is 0.103. The van der Waals surface area contributed by atoms with Crippen LogP contribution in [-0.4, -0.2) is 15.9 Å². The van der Waals surface area contributed by atoms with Crippen molar-refractivity contribution in [3.8, 4) is 0 Å². The Morgan fingerprint density at radius 1 is 1.10 bits per heavy atom. The first-order chi connectivity index (χ1) is 10.1. The number of carbonyl (C=O) groups excluding carboxylic acids is 1. The molecule has 5 heteroatoms. The summed E-state index contributed by atoms with van der Waals surface area (Å²) in [5.41, 5.74) is 4.00. The van der Waals surface area contributed by atoms with Gasteiger partial charge in [-0.3, -0.25) is 4.79 Å². The minimum absolute atomic E-state index is 0.141. The number of hydrogen-bond acceptors (Lipinski definition) is 4. The fourth-order valence-electron chi connectivity index (χ4n) is 2.20. The van der Waals surface area contributed by atoms with Crippen molar-refractivity contribution in [2.24, 2.45) is 0 Å². The summed E-state index contributed by atoms with van der Waals surface area (Å²) in [6, 6.07) is 7.42. The maximum atomic E-state index is 12.0. The summed E-state index contributed by atoms with van der Waals surface area (Å²) in [7, 11) is 0. The molecule has 3 aromatic rings. The van der Waals surface area contributed by atoms with Crippen molar-refractivity contribution >= 4 is 34.1 Å². The number of thiophene rings is 1. The van der Waals surface area contributed by atoms with Gasteiger partial charge < -0.3 is 5.32 Å². The van der Waals surface area contributed by atoms with Gasteiger partial charge in [0, 0.05) is 11.1 Å². The molecule has 4 nitrogen and oxygen atoms in total. The molecule has 0 unspecified atom stereocenters. The average molecular weight is 297 g/mol. The highest BCUT2D eigenvalue weighted by Crippen LogP contribution is 2.22. The number of amides is 1. The lowest BCUT2D eigenvalue weighted by Gasteiger charge is -2.09. The molecule has 3 aromatic heterocycles. The molecule has 0 spiro atoms. The zero-order valence-corrected chi connectivity index (χ0v) is 12.9. The number of anilines is 1. The van der Waals surface area contributed by atoms with Crippen molar-refractivity contribution < 1.29 is 4.79 Å². The normalized spacial score (nSPS) is 10.8. The molecule has 21 heavy (non-hydrogen) atoms. The van der Waals surface area contributed by atoms with Gasteiger partial charge in [0.1, 0.15) is 5.82 Å². The predicted octanol–water partition coefficient (Wildman–Crippen LogP) is 3.87. The van der Waals surface area contributed by atoms with E-state index in [0.717, 1.165) is 11.1 Å². The van der Waals surface area contributed by atoms with E-state index in [-0.39, 0.29) is 5.91 Å². The number of pyridine rings is 2. The molecule has 0 saturated heterocycles. The second kappa shape index (κ2) is 5.26. The van der Waals surface area contributed by atoms with Gasteiger partial charge >= 0.3 is 0 Å². The van der Waals surface area contributed by atoms with Crippen molar-refractivity contribution in [1.82, 2.24) is 9.97 Å². The summed E-state index contributed by atoms with van der Waals surface area (Å²) in [5.74, 6) is 0.383. The highest BCUT2D eigenvalue weighted by atomic mass is 32.1. The van der Waals surface area contributed by atoms with Crippen molar-refractivity contribution in [3.63, 3.8) is 0 Å². The Morgan fingerprint density at radius 3 is 2.62 bits per heavy atom. The van der Waals surface area contributed by atoms with E-state index in [9.17, 15) is 4.79 Å². The minimum atomic E-state index is -0.141. The topological polar surface area (TPSA) is 54.9 Å². The van der Waals surface area contributed by atoms with Gasteiger partial charge in [0.05, 0.1) is 4.88 Å². The van der Waals surface area contributed by atoms with Crippen LogP contribution in [0.3, 0.4) is 0 Å². The van der Waals surface area contributed by atoms with E-state index in [1.54, 1.807) is 6.07 Å². The van der Waals surface area contributed by atoms with Crippen LogP contribution < -0.4 is 5.32 Å². The highest BCUT2D eigenvalue weighted by molar-refractivity contribution is 7.12. The van der Waals surface area contributed by atoms with Gasteiger partial charge in [0.25, 0.3) is 5.91 Å². The molecule has 3 rings (SSSR count). The Kier molecular flexibility index (Phi) is 3.43. The summed E-state index contributed by atoms with van der Waals surface area (Å²) >= 11 is 1.41. The SMILES string of the molecule is Cc1nc2nc(NC(=O)c3cccs3)ccc2c(C)c1C. The average Bonchev–Trinajstić information content (AvgIpc) is 2.99. The number of nitrogens with zero attached hydrogens (tertiary/aromatic N) is 2. The second-order valence-corrected chi connectivity index (χ2v) is 5.89. The Bertz CT molecular complexity index is 825. The predicted molar refractivity (Wildman–Crippen MR) is 86.0 cm³/mol. The molecule has 0 aliphatic carbocycles. The molecule has 0 aromatic carbocycles. The number of fused-ring (bicyclic) bond motifs is 1. The number of carbonyl (C=O) groups is 1. The van der Waals surface area contributed by atoms with Crippen molar-refractivity contribution in [2.45, 2.75) is 20.8 Å². The fraction of sp³-hybridized carbons (Fsp3) is 0.188. The summed E-state index contributed by atoms with van der Waals surface area (Å²) in [6.07, 6.45) is 0. The molecular formula is C16H15N3OS. The number of aryl methyl sites for hydroxylation is 2. The molecule has 1 N–H and O–H groups in total. The van der Waals surface area contributed by atoms with Gasteiger partial charge in [-0.1, -0.05) is 6.07 Å². The first-order valence-corrected chi connectivity index (χ1v) is 7.53. The van der Waals surface area contributed by atoms with E-state index < -0.39 is 0 Å². The molecule has 0 atom stereocenters. The van der Waals surface area contributed by atoms with Crippen LogP contribution in [0.15, 0.2) is 29.6 Å². The smallest absolute Gasteiger partial charge is 0.266 e. The van der Waals surface area contributed by atoms with E-state index in [4.69, 9.17) is 0 Å². The molecule has 0 fully saturated rings. The van der Waals surface area contributed by atoms with Crippen LogP contribution >= 0.6 is 11.3 Å². The molecule has 0 aliphatic heterocycles. The first-order valence-electron chi connectivity index (χ1n) is 6.65. The Hall–Kier alpha value is -2.27. The Labute approximate surface area is 126 Å². The third-order valence-corrected chi connectivity index (χ3v) is 4.51. The summed E-state index contributed by atoms with van der Waals surface area (Å²) in [6.45, 7) is 6.10. The number of rotatable bonds is 2. The summed E-state index contributed by atoms with van der Waals surface area (Å²) in [4.78, 5) is 21.7. The van der Waals surface area contributed by atoms with Crippen LogP contribution in [-0.2, 0) is 0 Å². The molecule has 0 saturated carbocycles. The van der Waals surface area contributed by atoms with E-state index in [0.29, 0.717) is 16.3 Å². The molecule has 0 radical (unpaired) electrons. The van der Waals surface area contributed by atoms with Crippen LogP contribution in [0.4, 0.5) is 5.82 Å². The molecule has 106 valence electrons. The van der Waals surface area contributed by atoms with Crippen molar-refractivity contribution in [1.29, 1.82) is 0 Å². The van der Waals surface area contributed by atoms with E-state index in [2.05, 4.69) is 29.1 Å². The maximum Gasteiger partial charge on any atom is 0.266 e.